The number of anilines is 2. The largest absolute Gasteiger partial charge is 0.324 e. The van der Waals surface area contributed by atoms with E-state index in [4.69, 9.17) is 11.6 Å². The summed E-state index contributed by atoms with van der Waals surface area (Å²) in [5.41, 5.74) is 3.18. The van der Waals surface area contributed by atoms with Crippen molar-refractivity contribution < 1.29 is 13.2 Å². The van der Waals surface area contributed by atoms with Crippen LogP contribution in [-0.4, -0.2) is 31.6 Å². The van der Waals surface area contributed by atoms with Crippen molar-refractivity contribution >= 4 is 38.9 Å². The fourth-order valence-electron chi connectivity index (χ4n) is 3.34. The van der Waals surface area contributed by atoms with Crippen molar-refractivity contribution in [3.05, 3.63) is 89.2 Å². The molecule has 1 amide bonds. The summed E-state index contributed by atoms with van der Waals surface area (Å²) in [7, 11) is -3.72. The minimum absolute atomic E-state index is 0.297. The molecule has 3 rings (SSSR count). The van der Waals surface area contributed by atoms with Crippen molar-refractivity contribution in [1.82, 2.24) is 4.98 Å². The van der Waals surface area contributed by atoms with Crippen molar-refractivity contribution in [3.63, 3.8) is 0 Å². The lowest BCUT2D eigenvalue weighted by atomic mass is 10.1. The monoisotopic (exact) mass is 457 g/mol. The van der Waals surface area contributed by atoms with Gasteiger partial charge in [0.15, 0.2) is 0 Å². The molecule has 0 aliphatic carbocycles. The van der Waals surface area contributed by atoms with Gasteiger partial charge in [-0.2, -0.15) is 0 Å². The summed E-state index contributed by atoms with van der Waals surface area (Å²) in [6.07, 6.45) is 5.64. The lowest BCUT2D eigenvalue weighted by molar-refractivity contribution is -0.117. The summed E-state index contributed by atoms with van der Waals surface area (Å²) in [6, 6.07) is 16.9. The molecule has 1 aromatic heterocycles. The summed E-state index contributed by atoms with van der Waals surface area (Å²) in [6.45, 7) is 1.77. The Morgan fingerprint density at radius 2 is 1.71 bits per heavy atom. The molecule has 162 valence electrons. The van der Waals surface area contributed by atoms with Crippen molar-refractivity contribution in [2.24, 2.45) is 0 Å². The molecule has 1 atom stereocenters. The van der Waals surface area contributed by atoms with E-state index in [9.17, 15) is 13.2 Å². The van der Waals surface area contributed by atoms with Crippen LogP contribution < -0.4 is 9.62 Å². The summed E-state index contributed by atoms with van der Waals surface area (Å²) in [4.78, 5) is 17.0. The average molecular weight is 458 g/mol. The maximum Gasteiger partial charge on any atom is 0.248 e. The number of nitrogens with one attached hydrogen (secondary N) is 1. The normalized spacial score (nSPS) is 12.2. The third-order valence-electron chi connectivity index (χ3n) is 4.77. The second-order valence-corrected chi connectivity index (χ2v) is 9.48. The minimum atomic E-state index is -3.72. The van der Waals surface area contributed by atoms with E-state index in [0.717, 1.165) is 28.1 Å². The minimum Gasteiger partial charge on any atom is -0.324 e. The molecule has 0 aliphatic rings. The Bertz CT molecular complexity index is 1140. The van der Waals surface area contributed by atoms with Gasteiger partial charge in [-0.3, -0.25) is 14.1 Å². The number of sulfonamides is 1. The van der Waals surface area contributed by atoms with E-state index in [1.807, 2.05) is 36.4 Å². The molecule has 0 bridgehead atoms. The number of carbonyl (C=O) groups excluding carboxylic acids is 1. The van der Waals surface area contributed by atoms with E-state index in [0.29, 0.717) is 22.8 Å². The summed E-state index contributed by atoms with van der Waals surface area (Å²) >= 11 is 6.04. The highest BCUT2D eigenvalue weighted by Crippen LogP contribution is 2.26. The Kier molecular flexibility index (Phi) is 7.30. The molecule has 1 heterocycles. The molecule has 8 heteroatoms. The van der Waals surface area contributed by atoms with Crippen LogP contribution in [0.4, 0.5) is 11.4 Å². The predicted molar refractivity (Wildman–Crippen MR) is 125 cm³/mol. The first-order valence-corrected chi connectivity index (χ1v) is 12.0. The smallest absolute Gasteiger partial charge is 0.248 e. The highest BCUT2D eigenvalue weighted by molar-refractivity contribution is 7.92. The first-order chi connectivity index (χ1) is 14.8. The number of carbonyl (C=O) groups is 1. The van der Waals surface area contributed by atoms with Gasteiger partial charge in [-0.05, 0) is 66.4 Å². The maximum absolute atomic E-state index is 13.0. The molecule has 1 unspecified atom stereocenters. The molecule has 31 heavy (non-hydrogen) atoms. The van der Waals surface area contributed by atoms with Gasteiger partial charge >= 0.3 is 0 Å². The first kappa shape index (κ1) is 22.8. The van der Waals surface area contributed by atoms with Crippen LogP contribution in [0.3, 0.4) is 0 Å². The highest BCUT2D eigenvalue weighted by atomic mass is 35.5. The van der Waals surface area contributed by atoms with E-state index < -0.39 is 22.0 Å². The predicted octanol–water partition coefficient (Wildman–Crippen LogP) is 4.51. The number of amides is 1. The summed E-state index contributed by atoms with van der Waals surface area (Å²) in [5, 5.41) is 3.23. The lowest BCUT2D eigenvalue weighted by Gasteiger charge is -2.30. The molecule has 0 fully saturated rings. The molecule has 2 aromatic carbocycles. The first-order valence-electron chi connectivity index (χ1n) is 9.81. The van der Waals surface area contributed by atoms with Gasteiger partial charge in [0.05, 0.1) is 11.9 Å². The SMILES string of the molecule is CCC(C(=O)Nc1ccc(Cc2ccncc2)cc1)N(c1cccc(Cl)c1)S(C)(=O)=O. The standard InChI is InChI=1S/C23H24ClN3O3S/c1-3-22(27(31(2,29)30)21-6-4-5-19(24)16-21)23(28)26-20-9-7-17(8-10-20)15-18-11-13-25-14-12-18/h4-14,16,22H,3,15H2,1-2H3,(H,26,28). The molecule has 0 aliphatic heterocycles. The fraction of sp³-hybridized carbons (Fsp3) is 0.217. The second-order valence-electron chi connectivity index (χ2n) is 7.18. The molecule has 0 radical (unpaired) electrons. The number of aromatic nitrogens is 1. The van der Waals surface area contributed by atoms with Crippen LogP contribution in [0.2, 0.25) is 5.02 Å². The lowest BCUT2D eigenvalue weighted by Crippen LogP contribution is -2.47. The number of pyridine rings is 1. The molecule has 1 N–H and O–H groups in total. The molecular weight excluding hydrogens is 434 g/mol. The van der Waals surface area contributed by atoms with Gasteiger partial charge < -0.3 is 5.32 Å². The van der Waals surface area contributed by atoms with E-state index >= 15 is 0 Å². The van der Waals surface area contributed by atoms with Crippen molar-refractivity contribution in [2.45, 2.75) is 25.8 Å². The summed E-state index contributed by atoms with van der Waals surface area (Å²) in [5.74, 6) is -0.408. The van der Waals surface area contributed by atoms with Crippen LogP contribution >= 0.6 is 11.6 Å². The van der Waals surface area contributed by atoms with Gasteiger partial charge in [0, 0.05) is 23.1 Å². The fourth-order valence-corrected chi connectivity index (χ4v) is 4.73. The summed E-state index contributed by atoms with van der Waals surface area (Å²) < 4.78 is 26.2. The van der Waals surface area contributed by atoms with Gasteiger partial charge in [-0.1, -0.05) is 36.7 Å². The number of nitrogens with zero attached hydrogens (tertiary/aromatic N) is 2. The van der Waals surface area contributed by atoms with E-state index in [2.05, 4.69) is 10.3 Å². The zero-order valence-electron chi connectivity index (χ0n) is 17.3. The van der Waals surface area contributed by atoms with Crippen LogP contribution in [0.1, 0.15) is 24.5 Å². The van der Waals surface area contributed by atoms with Gasteiger partial charge in [-0.25, -0.2) is 8.42 Å². The topological polar surface area (TPSA) is 79.4 Å². The van der Waals surface area contributed by atoms with Crippen molar-refractivity contribution in [2.75, 3.05) is 15.9 Å². The molecule has 6 nitrogen and oxygen atoms in total. The van der Waals surface area contributed by atoms with Crippen LogP contribution in [0, 0.1) is 0 Å². The number of hydrogen-bond donors (Lipinski definition) is 1. The third-order valence-corrected chi connectivity index (χ3v) is 6.19. The molecule has 3 aromatic rings. The molecule has 0 spiro atoms. The molecule has 0 saturated heterocycles. The van der Waals surface area contributed by atoms with E-state index in [1.165, 1.54) is 6.07 Å². The van der Waals surface area contributed by atoms with Crippen LogP contribution in [0.15, 0.2) is 73.1 Å². The average Bonchev–Trinajstić information content (AvgIpc) is 2.73. The Morgan fingerprint density at radius 1 is 1.06 bits per heavy atom. The van der Waals surface area contributed by atoms with Gasteiger partial charge in [0.25, 0.3) is 0 Å². The number of benzene rings is 2. The second kappa shape index (κ2) is 9.94. The Labute approximate surface area is 187 Å². The Hall–Kier alpha value is -2.90. The van der Waals surface area contributed by atoms with E-state index in [1.54, 1.807) is 37.5 Å². The maximum atomic E-state index is 13.0. The third kappa shape index (κ3) is 6.06. The van der Waals surface area contributed by atoms with E-state index in [-0.39, 0.29) is 0 Å². The zero-order chi connectivity index (χ0) is 22.4. The molecule has 0 saturated carbocycles. The highest BCUT2D eigenvalue weighted by Gasteiger charge is 2.31. The van der Waals surface area contributed by atoms with Crippen LogP contribution in [0.5, 0.6) is 0 Å². The van der Waals surface area contributed by atoms with Gasteiger partial charge in [-0.15, -0.1) is 0 Å². The molecular formula is C23H24ClN3O3S. The van der Waals surface area contributed by atoms with Crippen molar-refractivity contribution in [3.8, 4) is 0 Å². The number of hydrogen-bond acceptors (Lipinski definition) is 4. The van der Waals surface area contributed by atoms with Gasteiger partial charge in [0.2, 0.25) is 15.9 Å². The number of halogens is 1. The van der Waals surface area contributed by atoms with Gasteiger partial charge in [0.1, 0.15) is 6.04 Å². The Morgan fingerprint density at radius 3 is 2.29 bits per heavy atom. The van der Waals surface area contributed by atoms with Crippen molar-refractivity contribution in [1.29, 1.82) is 0 Å². The zero-order valence-corrected chi connectivity index (χ0v) is 18.9. The number of rotatable bonds is 8. The van der Waals surface area contributed by atoms with Crippen LogP contribution in [0.25, 0.3) is 0 Å². The van der Waals surface area contributed by atoms with Crippen LogP contribution in [-0.2, 0) is 21.2 Å². The Balaban J connectivity index is 1.78. The quantitative estimate of drug-likeness (QED) is 0.539.